The maximum Gasteiger partial charge on any atom is 0.164 e. The molecule has 0 unspecified atom stereocenters. The van der Waals surface area contributed by atoms with Crippen molar-refractivity contribution >= 4 is 5.65 Å². The Balaban J connectivity index is 1.88. The molecule has 0 N–H and O–H groups in total. The van der Waals surface area contributed by atoms with Gasteiger partial charge >= 0.3 is 0 Å². The highest BCUT2D eigenvalue weighted by atomic mass is 15.3. The van der Waals surface area contributed by atoms with Gasteiger partial charge in [0, 0.05) is 16.8 Å². The predicted octanol–water partition coefficient (Wildman–Crippen LogP) is 6.96. The number of aromatic nitrogens is 3. The summed E-state index contributed by atoms with van der Waals surface area (Å²) in [6.07, 6.45) is 0. The largest absolute Gasteiger partial charge is 0.233 e. The van der Waals surface area contributed by atoms with Crippen LogP contribution in [0.1, 0.15) is 22.5 Å². The molecule has 3 heteroatoms. The quantitative estimate of drug-likeness (QED) is 0.326. The van der Waals surface area contributed by atoms with Gasteiger partial charge in [0.25, 0.3) is 0 Å². The van der Waals surface area contributed by atoms with Crippen molar-refractivity contribution in [1.82, 2.24) is 14.6 Å². The molecule has 3 aromatic carbocycles. The molecule has 5 aromatic rings. The average Bonchev–Trinajstić information content (AvgIpc) is 3.15. The third-order valence-electron chi connectivity index (χ3n) is 5.94. The summed E-state index contributed by atoms with van der Waals surface area (Å²) in [5.41, 5.74) is 12.1. The van der Waals surface area contributed by atoms with Crippen molar-refractivity contribution in [3.05, 3.63) is 101 Å². The number of aryl methyl sites for hydroxylation is 4. The van der Waals surface area contributed by atoms with Crippen molar-refractivity contribution in [1.29, 1.82) is 0 Å². The van der Waals surface area contributed by atoms with Crippen LogP contribution in [0.4, 0.5) is 0 Å². The lowest BCUT2D eigenvalue weighted by molar-refractivity contribution is 0.892. The molecule has 0 amide bonds. The molecule has 152 valence electrons. The molecular formula is C28H25N3. The van der Waals surface area contributed by atoms with Gasteiger partial charge in [-0.15, -0.1) is 0 Å². The summed E-state index contributed by atoms with van der Waals surface area (Å²) in [5, 5.41) is 5.10. The highest BCUT2D eigenvalue weighted by molar-refractivity contribution is 5.91. The van der Waals surface area contributed by atoms with Crippen LogP contribution in [0.5, 0.6) is 0 Å². The first-order valence-corrected chi connectivity index (χ1v) is 10.6. The van der Waals surface area contributed by atoms with Crippen LogP contribution in [0.2, 0.25) is 0 Å². The minimum Gasteiger partial charge on any atom is -0.233 e. The molecule has 0 bridgehead atoms. The first kappa shape index (κ1) is 19.3. The predicted molar refractivity (Wildman–Crippen MR) is 128 cm³/mol. The molecule has 0 fully saturated rings. The van der Waals surface area contributed by atoms with Crippen molar-refractivity contribution in [2.24, 2.45) is 0 Å². The van der Waals surface area contributed by atoms with E-state index in [-0.39, 0.29) is 0 Å². The standard InChI is InChI=1S/C28H25N3/c1-18-11-10-15-23(17-18)26-27(22-13-6-5-7-14-22)30-31-21(4)25(20(3)29-28(26)31)24-16-9-8-12-19(24)2/h5-17H,1-4H3. The molecule has 0 saturated carbocycles. The Bertz CT molecular complexity index is 1410. The Hall–Kier alpha value is -3.72. The van der Waals surface area contributed by atoms with Crippen LogP contribution in [0.3, 0.4) is 0 Å². The van der Waals surface area contributed by atoms with Crippen molar-refractivity contribution < 1.29 is 0 Å². The van der Waals surface area contributed by atoms with Crippen LogP contribution < -0.4 is 0 Å². The Kier molecular flexibility index (Phi) is 4.67. The molecule has 0 aliphatic rings. The van der Waals surface area contributed by atoms with E-state index in [1.54, 1.807) is 0 Å². The fourth-order valence-corrected chi connectivity index (χ4v) is 4.44. The second kappa shape index (κ2) is 7.51. The maximum absolute atomic E-state index is 5.11. The van der Waals surface area contributed by atoms with Crippen LogP contribution in [-0.4, -0.2) is 14.6 Å². The summed E-state index contributed by atoms with van der Waals surface area (Å²) >= 11 is 0. The molecule has 0 aliphatic carbocycles. The zero-order valence-electron chi connectivity index (χ0n) is 18.3. The molecule has 0 atom stereocenters. The monoisotopic (exact) mass is 403 g/mol. The molecule has 5 rings (SSSR count). The Morgan fingerprint density at radius 1 is 0.677 bits per heavy atom. The van der Waals surface area contributed by atoms with Crippen molar-refractivity contribution in [2.45, 2.75) is 27.7 Å². The minimum absolute atomic E-state index is 0.900. The molecule has 2 aromatic heterocycles. The van der Waals surface area contributed by atoms with Gasteiger partial charge in [-0.3, -0.25) is 0 Å². The third-order valence-corrected chi connectivity index (χ3v) is 5.94. The normalized spacial score (nSPS) is 11.2. The summed E-state index contributed by atoms with van der Waals surface area (Å²) < 4.78 is 2.02. The van der Waals surface area contributed by atoms with Gasteiger partial charge in [0.15, 0.2) is 5.65 Å². The lowest BCUT2D eigenvalue weighted by atomic mass is 9.97. The Labute approximate surface area is 183 Å². The Morgan fingerprint density at radius 3 is 2.13 bits per heavy atom. The second-order valence-electron chi connectivity index (χ2n) is 8.17. The number of rotatable bonds is 3. The number of benzene rings is 3. The molecule has 31 heavy (non-hydrogen) atoms. The van der Waals surface area contributed by atoms with E-state index in [1.165, 1.54) is 16.7 Å². The molecule has 2 heterocycles. The van der Waals surface area contributed by atoms with Crippen LogP contribution in [0.15, 0.2) is 78.9 Å². The van der Waals surface area contributed by atoms with Crippen molar-refractivity contribution in [2.75, 3.05) is 0 Å². The fraction of sp³-hybridized carbons (Fsp3) is 0.143. The fourth-order valence-electron chi connectivity index (χ4n) is 4.44. The van der Waals surface area contributed by atoms with E-state index in [2.05, 4.69) is 100 Å². The number of hydrogen-bond donors (Lipinski definition) is 0. The van der Waals surface area contributed by atoms with Crippen LogP contribution >= 0.6 is 0 Å². The topological polar surface area (TPSA) is 30.2 Å². The molecular weight excluding hydrogens is 378 g/mol. The lowest BCUT2D eigenvalue weighted by Gasteiger charge is -2.14. The van der Waals surface area contributed by atoms with Crippen molar-refractivity contribution in [3.8, 4) is 33.5 Å². The van der Waals surface area contributed by atoms with Gasteiger partial charge in [0.1, 0.15) is 5.69 Å². The zero-order valence-corrected chi connectivity index (χ0v) is 18.3. The summed E-state index contributed by atoms with van der Waals surface area (Å²) in [7, 11) is 0. The van der Waals surface area contributed by atoms with E-state index < -0.39 is 0 Å². The van der Waals surface area contributed by atoms with Gasteiger partial charge in [0.05, 0.1) is 11.3 Å². The van der Waals surface area contributed by atoms with E-state index >= 15 is 0 Å². The van der Waals surface area contributed by atoms with E-state index in [4.69, 9.17) is 10.1 Å². The van der Waals surface area contributed by atoms with E-state index in [0.29, 0.717) is 0 Å². The zero-order chi connectivity index (χ0) is 21.5. The van der Waals surface area contributed by atoms with E-state index in [1.807, 2.05) is 10.6 Å². The highest BCUT2D eigenvalue weighted by Crippen LogP contribution is 2.38. The van der Waals surface area contributed by atoms with Gasteiger partial charge < -0.3 is 0 Å². The SMILES string of the molecule is Cc1cccc(-c2c(-c3ccccc3)nn3c(C)c(-c4ccccc4C)c(C)nc23)c1. The van der Waals surface area contributed by atoms with Crippen LogP contribution in [0.25, 0.3) is 39.2 Å². The van der Waals surface area contributed by atoms with Gasteiger partial charge in [-0.2, -0.15) is 5.10 Å². The molecule has 0 radical (unpaired) electrons. The molecule has 3 nitrogen and oxygen atoms in total. The van der Waals surface area contributed by atoms with E-state index in [9.17, 15) is 0 Å². The summed E-state index contributed by atoms with van der Waals surface area (Å²) in [5.74, 6) is 0. The van der Waals surface area contributed by atoms with Gasteiger partial charge in [-0.05, 0) is 44.4 Å². The molecule has 0 aliphatic heterocycles. The maximum atomic E-state index is 5.11. The summed E-state index contributed by atoms with van der Waals surface area (Å²) in [6.45, 7) is 8.52. The van der Waals surface area contributed by atoms with Gasteiger partial charge in [0.2, 0.25) is 0 Å². The first-order valence-electron chi connectivity index (χ1n) is 10.6. The molecule has 0 saturated heterocycles. The summed E-state index contributed by atoms with van der Waals surface area (Å²) in [4.78, 5) is 5.11. The van der Waals surface area contributed by atoms with Crippen LogP contribution in [-0.2, 0) is 0 Å². The smallest absolute Gasteiger partial charge is 0.164 e. The van der Waals surface area contributed by atoms with Gasteiger partial charge in [-0.25, -0.2) is 9.50 Å². The van der Waals surface area contributed by atoms with Crippen LogP contribution in [0, 0.1) is 27.7 Å². The average molecular weight is 404 g/mol. The number of hydrogen-bond acceptors (Lipinski definition) is 2. The highest BCUT2D eigenvalue weighted by Gasteiger charge is 2.22. The summed E-state index contributed by atoms with van der Waals surface area (Å²) in [6, 6.07) is 27.5. The number of fused-ring (bicyclic) bond motifs is 1. The third kappa shape index (κ3) is 3.23. The Morgan fingerprint density at radius 2 is 1.39 bits per heavy atom. The second-order valence-corrected chi connectivity index (χ2v) is 8.17. The van der Waals surface area contributed by atoms with Gasteiger partial charge in [-0.1, -0.05) is 84.4 Å². The first-order chi connectivity index (χ1) is 15.0. The lowest BCUT2D eigenvalue weighted by Crippen LogP contribution is -2.03. The molecule has 0 spiro atoms. The minimum atomic E-state index is 0.900. The van der Waals surface area contributed by atoms with Crippen molar-refractivity contribution in [3.63, 3.8) is 0 Å². The number of nitrogens with zero attached hydrogens (tertiary/aromatic N) is 3. The van der Waals surface area contributed by atoms with E-state index in [0.717, 1.165) is 45.0 Å².